The van der Waals surface area contributed by atoms with Crippen molar-refractivity contribution in [2.75, 3.05) is 17.1 Å². The first kappa shape index (κ1) is 30.8. The van der Waals surface area contributed by atoms with Gasteiger partial charge in [-0.3, -0.25) is 13.9 Å². The van der Waals surface area contributed by atoms with Crippen molar-refractivity contribution in [3.63, 3.8) is 0 Å². The second kappa shape index (κ2) is 13.6. The molecule has 0 heterocycles. The van der Waals surface area contributed by atoms with E-state index >= 15 is 0 Å². The number of nitrogens with zero attached hydrogens (tertiary/aromatic N) is 2. The molecule has 0 saturated carbocycles. The number of carbonyl (C=O) groups is 2. The molecule has 10 heteroatoms. The van der Waals surface area contributed by atoms with E-state index in [0.717, 1.165) is 36.2 Å². The molecule has 3 rings (SSSR count). The van der Waals surface area contributed by atoms with Crippen LogP contribution in [-0.2, 0) is 32.6 Å². The van der Waals surface area contributed by atoms with E-state index < -0.39 is 28.5 Å². The SMILES string of the molecule is Cc1cc(N(CC(=O)N(Cc2cccc(Br)c2)C(Cc2ccccc2)C(=O)NC(C)C)S(C)(=O)=O)ccc1Br. The Labute approximate surface area is 247 Å². The molecule has 0 bridgehead atoms. The van der Waals surface area contributed by atoms with Crippen LogP contribution in [0, 0.1) is 6.92 Å². The highest BCUT2D eigenvalue weighted by atomic mass is 79.9. The van der Waals surface area contributed by atoms with E-state index in [9.17, 15) is 18.0 Å². The minimum atomic E-state index is -3.82. The average molecular weight is 679 g/mol. The van der Waals surface area contributed by atoms with Gasteiger partial charge in [-0.05, 0) is 67.8 Å². The third kappa shape index (κ3) is 8.91. The molecule has 3 aromatic carbocycles. The van der Waals surface area contributed by atoms with Crippen molar-refractivity contribution in [2.45, 2.75) is 45.8 Å². The molecule has 1 unspecified atom stereocenters. The predicted octanol–water partition coefficient (Wildman–Crippen LogP) is 5.45. The summed E-state index contributed by atoms with van der Waals surface area (Å²) in [6, 6.07) is 21.1. The van der Waals surface area contributed by atoms with E-state index in [2.05, 4.69) is 37.2 Å². The Balaban J connectivity index is 2.07. The molecule has 2 amide bonds. The lowest BCUT2D eigenvalue weighted by molar-refractivity contribution is -0.140. The van der Waals surface area contributed by atoms with Gasteiger partial charge in [0.2, 0.25) is 21.8 Å². The van der Waals surface area contributed by atoms with E-state index in [1.807, 2.05) is 75.4 Å². The molecule has 208 valence electrons. The van der Waals surface area contributed by atoms with E-state index in [-0.39, 0.29) is 24.9 Å². The van der Waals surface area contributed by atoms with Crippen LogP contribution in [0.15, 0.2) is 81.7 Å². The molecule has 3 aromatic rings. The summed E-state index contributed by atoms with van der Waals surface area (Å²) in [6.45, 7) is 5.24. The summed E-state index contributed by atoms with van der Waals surface area (Å²) in [7, 11) is -3.82. The minimum absolute atomic E-state index is 0.123. The number of nitrogens with one attached hydrogen (secondary N) is 1. The summed E-state index contributed by atoms with van der Waals surface area (Å²) in [5, 5.41) is 2.95. The van der Waals surface area contributed by atoms with Crippen molar-refractivity contribution in [3.05, 3.63) is 98.4 Å². The summed E-state index contributed by atoms with van der Waals surface area (Å²) in [6.07, 6.45) is 1.35. The van der Waals surface area contributed by atoms with Gasteiger partial charge in [0.05, 0.1) is 11.9 Å². The molecule has 1 atom stereocenters. The summed E-state index contributed by atoms with van der Waals surface area (Å²) >= 11 is 6.92. The van der Waals surface area contributed by atoms with Gasteiger partial charge in [-0.15, -0.1) is 0 Å². The van der Waals surface area contributed by atoms with Crippen LogP contribution in [0.25, 0.3) is 0 Å². The van der Waals surface area contributed by atoms with Crippen molar-refractivity contribution >= 4 is 59.4 Å². The first-order chi connectivity index (χ1) is 18.3. The number of hydrogen-bond acceptors (Lipinski definition) is 4. The first-order valence-electron chi connectivity index (χ1n) is 12.5. The van der Waals surface area contributed by atoms with Crippen LogP contribution in [0.4, 0.5) is 5.69 Å². The smallest absolute Gasteiger partial charge is 0.244 e. The van der Waals surface area contributed by atoms with Crippen molar-refractivity contribution in [1.82, 2.24) is 10.2 Å². The number of hydrogen-bond donors (Lipinski definition) is 1. The minimum Gasteiger partial charge on any atom is -0.352 e. The van der Waals surface area contributed by atoms with Crippen LogP contribution in [0.2, 0.25) is 0 Å². The molecule has 7 nitrogen and oxygen atoms in total. The standard InChI is InChI=1S/C29H33Br2N3O4S/c1-20(2)32-29(36)27(17-22-9-6-5-7-10-22)33(18-23-11-8-12-24(30)16-23)28(35)19-34(39(4,37)38)25-13-14-26(31)21(3)15-25/h5-16,20,27H,17-19H2,1-4H3,(H,32,36). The number of aryl methyl sites for hydroxylation is 1. The molecular weight excluding hydrogens is 646 g/mol. The first-order valence-corrected chi connectivity index (χ1v) is 15.9. The lowest BCUT2D eigenvalue weighted by atomic mass is 10.0. The fourth-order valence-corrected chi connectivity index (χ4v) is 5.70. The lowest BCUT2D eigenvalue weighted by Crippen LogP contribution is -2.54. The number of carbonyl (C=O) groups excluding carboxylic acids is 2. The Morgan fingerprint density at radius 3 is 2.18 bits per heavy atom. The number of benzene rings is 3. The number of amides is 2. The van der Waals surface area contributed by atoms with E-state index in [1.165, 1.54) is 4.90 Å². The average Bonchev–Trinajstić information content (AvgIpc) is 2.86. The second-order valence-electron chi connectivity index (χ2n) is 9.72. The third-order valence-electron chi connectivity index (χ3n) is 6.05. The fourth-order valence-electron chi connectivity index (χ4n) is 4.16. The largest absolute Gasteiger partial charge is 0.352 e. The number of anilines is 1. The van der Waals surface area contributed by atoms with Crippen LogP contribution < -0.4 is 9.62 Å². The van der Waals surface area contributed by atoms with Gasteiger partial charge in [-0.25, -0.2) is 8.42 Å². The molecular formula is C29H33Br2N3O4S. The van der Waals surface area contributed by atoms with E-state index in [1.54, 1.807) is 18.2 Å². The van der Waals surface area contributed by atoms with Gasteiger partial charge in [0.1, 0.15) is 12.6 Å². The summed E-state index contributed by atoms with van der Waals surface area (Å²) in [5.41, 5.74) is 2.90. The molecule has 39 heavy (non-hydrogen) atoms. The second-order valence-corrected chi connectivity index (χ2v) is 13.4. The summed E-state index contributed by atoms with van der Waals surface area (Å²) < 4.78 is 28.5. The van der Waals surface area contributed by atoms with Gasteiger partial charge in [0.15, 0.2) is 0 Å². The molecule has 0 radical (unpaired) electrons. The monoisotopic (exact) mass is 677 g/mol. The van der Waals surface area contributed by atoms with Gasteiger partial charge in [-0.2, -0.15) is 0 Å². The fraction of sp³-hybridized carbons (Fsp3) is 0.310. The molecule has 0 aliphatic heterocycles. The molecule has 0 saturated heterocycles. The Morgan fingerprint density at radius 1 is 0.923 bits per heavy atom. The summed E-state index contributed by atoms with van der Waals surface area (Å²) in [4.78, 5) is 29.1. The number of sulfonamides is 1. The molecule has 0 fully saturated rings. The van der Waals surface area contributed by atoms with Crippen LogP contribution in [0.5, 0.6) is 0 Å². The van der Waals surface area contributed by atoms with E-state index in [4.69, 9.17) is 0 Å². The molecule has 0 aromatic heterocycles. The van der Waals surface area contributed by atoms with Crippen molar-refractivity contribution in [1.29, 1.82) is 0 Å². The van der Waals surface area contributed by atoms with E-state index in [0.29, 0.717) is 5.69 Å². The van der Waals surface area contributed by atoms with Gasteiger partial charge >= 0.3 is 0 Å². The maximum Gasteiger partial charge on any atom is 0.244 e. The molecule has 1 N–H and O–H groups in total. The van der Waals surface area contributed by atoms with Gasteiger partial charge in [0.25, 0.3) is 0 Å². The Morgan fingerprint density at radius 2 is 1.59 bits per heavy atom. The maximum atomic E-state index is 14.1. The van der Waals surface area contributed by atoms with Crippen molar-refractivity contribution in [2.24, 2.45) is 0 Å². The lowest BCUT2D eigenvalue weighted by Gasteiger charge is -2.34. The molecule has 0 aliphatic rings. The van der Waals surface area contributed by atoms with Crippen LogP contribution in [-0.4, -0.2) is 50.0 Å². The van der Waals surface area contributed by atoms with Crippen molar-refractivity contribution < 1.29 is 18.0 Å². The molecule has 0 spiro atoms. The zero-order chi connectivity index (χ0) is 28.7. The Hall–Kier alpha value is -2.69. The number of rotatable bonds is 11. The Bertz CT molecular complexity index is 1420. The third-order valence-corrected chi connectivity index (χ3v) is 8.58. The zero-order valence-electron chi connectivity index (χ0n) is 22.4. The maximum absolute atomic E-state index is 14.1. The number of halogens is 2. The highest BCUT2D eigenvalue weighted by Crippen LogP contribution is 2.25. The normalized spacial score (nSPS) is 12.2. The quantitative estimate of drug-likeness (QED) is 0.292. The van der Waals surface area contributed by atoms with Crippen LogP contribution in [0.3, 0.4) is 0 Å². The van der Waals surface area contributed by atoms with Crippen LogP contribution in [0.1, 0.15) is 30.5 Å². The highest BCUT2D eigenvalue weighted by molar-refractivity contribution is 9.10. The molecule has 0 aliphatic carbocycles. The highest BCUT2D eigenvalue weighted by Gasteiger charge is 2.33. The van der Waals surface area contributed by atoms with Crippen LogP contribution >= 0.6 is 31.9 Å². The van der Waals surface area contributed by atoms with Crippen molar-refractivity contribution in [3.8, 4) is 0 Å². The van der Waals surface area contributed by atoms with Gasteiger partial charge in [0, 0.05) is 28.0 Å². The van der Waals surface area contributed by atoms with Gasteiger partial charge in [-0.1, -0.05) is 74.3 Å². The predicted molar refractivity (Wildman–Crippen MR) is 163 cm³/mol. The summed E-state index contributed by atoms with van der Waals surface area (Å²) in [5.74, 6) is -0.789. The Kier molecular flexibility index (Phi) is 10.7. The van der Waals surface area contributed by atoms with Gasteiger partial charge < -0.3 is 10.2 Å². The topological polar surface area (TPSA) is 86.8 Å². The zero-order valence-corrected chi connectivity index (χ0v) is 26.4.